The van der Waals surface area contributed by atoms with Gasteiger partial charge in [0.05, 0.1) is 34.9 Å². The highest BCUT2D eigenvalue weighted by Crippen LogP contribution is 2.31. The van der Waals surface area contributed by atoms with Crippen molar-refractivity contribution in [1.82, 2.24) is 0 Å². The summed E-state index contributed by atoms with van der Waals surface area (Å²) >= 11 is 0. The first-order chi connectivity index (χ1) is 11.5. The second-order valence-electron chi connectivity index (χ2n) is 6.55. The average molecular weight is 377 g/mol. The molecule has 0 aromatic heterocycles. The van der Waals surface area contributed by atoms with Gasteiger partial charge in [0, 0.05) is 12.3 Å². The number of likely N-dealkylation sites (tertiary alicyclic amines) is 1. The molecule has 2 rings (SSSR count). The molecule has 0 bridgehead atoms. The van der Waals surface area contributed by atoms with Gasteiger partial charge < -0.3 is 18.5 Å². The number of hydrogen-bond acceptors (Lipinski definition) is 6. The SMILES string of the molecule is COC(=O)[C@@H]1C[C@H](Cc2ccc(OC)cc2)C[N+]1(C)C.O=S(=O)([O-])F. The monoisotopic (exact) mass is 377 g/mol. The van der Waals surface area contributed by atoms with Crippen LogP contribution in [0.4, 0.5) is 3.89 Å². The molecule has 1 heterocycles. The molecule has 1 aliphatic heterocycles. The molecule has 0 N–H and O–H groups in total. The molecular formula is C16H24FNO6S. The fraction of sp³-hybridized carbons (Fsp3) is 0.562. The Morgan fingerprint density at radius 2 is 1.80 bits per heavy atom. The van der Waals surface area contributed by atoms with Crippen LogP contribution < -0.4 is 4.74 Å². The fourth-order valence-electron chi connectivity index (χ4n) is 3.23. The van der Waals surface area contributed by atoms with Crippen LogP contribution in [0.5, 0.6) is 5.75 Å². The van der Waals surface area contributed by atoms with Crippen LogP contribution in [0.2, 0.25) is 0 Å². The van der Waals surface area contributed by atoms with Crippen LogP contribution in [-0.2, 0) is 26.5 Å². The van der Waals surface area contributed by atoms with Gasteiger partial charge in [-0.25, -0.2) is 13.2 Å². The minimum atomic E-state index is -5.42. The lowest BCUT2D eigenvalue weighted by atomic mass is 9.97. The molecular weight excluding hydrogens is 353 g/mol. The molecule has 0 saturated carbocycles. The van der Waals surface area contributed by atoms with Crippen molar-refractivity contribution in [3.05, 3.63) is 29.8 Å². The van der Waals surface area contributed by atoms with E-state index in [0.717, 1.165) is 25.1 Å². The molecule has 0 amide bonds. The van der Waals surface area contributed by atoms with Crippen molar-refractivity contribution in [3.8, 4) is 5.75 Å². The summed E-state index contributed by atoms with van der Waals surface area (Å²) in [5.41, 5.74) is 1.29. The molecule has 1 fully saturated rings. The number of methoxy groups -OCH3 is 2. The predicted molar refractivity (Wildman–Crippen MR) is 88.4 cm³/mol. The van der Waals surface area contributed by atoms with Crippen LogP contribution in [-0.4, -0.2) is 64.3 Å². The number of hydrogen-bond donors (Lipinski definition) is 0. The first-order valence-corrected chi connectivity index (χ1v) is 8.96. The molecule has 1 aromatic carbocycles. The molecule has 0 aliphatic carbocycles. The third-order valence-electron chi connectivity index (χ3n) is 4.29. The Labute approximate surface area is 148 Å². The number of ether oxygens (including phenoxy) is 2. The van der Waals surface area contributed by atoms with Crippen LogP contribution in [0.3, 0.4) is 0 Å². The average Bonchev–Trinajstić information content (AvgIpc) is 2.80. The first kappa shape index (κ1) is 21.3. The van der Waals surface area contributed by atoms with Gasteiger partial charge in [0.15, 0.2) is 6.04 Å². The third kappa shape index (κ3) is 7.37. The Balaban J connectivity index is 0.000000550. The highest BCUT2D eigenvalue weighted by atomic mass is 32.3. The number of halogens is 1. The van der Waals surface area contributed by atoms with Gasteiger partial charge in [-0.2, -0.15) is 0 Å². The lowest BCUT2D eigenvalue weighted by molar-refractivity contribution is -0.895. The van der Waals surface area contributed by atoms with Crippen molar-refractivity contribution in [2.24, 2.45) is 5.92 Å². The molecule has 2 atom stereocenters. The van der Waals surface area contributed by atoms with Crippen LogP contribution in [0.1, 0.15) is 12.0 Å². The minimum Gasteiger partial charge on any atom is -0.722 e. The van der Waals surface area contributed by atoms with E-state index in [2.05, 4.69) is 26.2 Å². The molecule has 1 aromatic rings. The number of esters is 1. The Morgan fingerprint density at radius 1 is 1.28 bits per heavy atom. The molecule has 0 spiro atoms. The Morgan fingerprint density at radius 3 is 2.24 bits per heavy atom. The van der Waals surface area contributed by atoms with Gasteiger partial charge in [0.2, 0.25) is 0 Å². The number of carbonyl (C=O) groups excluding carboxylic acids is 1. The van der Waals surface area contributed by atoms with Gasteiger partial charge >= 0.3 is 5.97 Å². The van der Waals surface area contributed by atoms with Gasteiger partial charge in [0.1, 0.15) is 5.75 Å². The number of benzene rings is 1. The Kier molecular flexibility index (Phi) is 7.33. The normalized spacial score (nSPS) is 21.8. The van der Waals surface area contributed by atoms with Gasteiger partial charge in [-0.15, -0.1) is 3.89 Å². The summed E-state index contributed by atoms with van der Waals surface area (Å²) in [5, 5.41) is 0. The number of rotatable bonds is 4. The number of carbonyl (C=O) groups is 1. The number of likely N-dealkylation sites (N-methyl/N-ethyl adjacent to an activating group) is 1. The molecule has 1 aliphatic rings. The van der Waals surface area contributed by atoms with E-state index in [4.69, 9.17) is 22.4 Å². The molecule has 7 nitrogen and oxygen atoms in total. The van der Waals surface area contributed by atoms with Crippen molar-refractivity contribution in [3.63, 3.8) is 0 Å². The Hall–Kier alpha value is -1.71. The largest absolute Gasteiger partial charge is 0.722 e. The second-order valence-corrected chi connectivity index (χ2v) is 7.33. The summed E-state index contributed by atoms with van der Waals surface area (Å²) in [6, 6.07) is 8.14. The van der Waals surface area contributed by atoms with E-state index < -0.39 is 10.5 Å². The summed E-state index contributed by atoms with van der Waals surface area (Å²) in [7, 11) is 1.94. The summed E-state index contributed by atoms with van der Waals surface area (Å²) in [4.78, 5) is 11.9. The van der Waals surface area contributed by atoms with Gasteiger partial charge in [-0.3, -0.25) is 0 Å². The first-order valence-electron chi connectivity index (χ1n) is 7.65. The van der Waals surface area contributed by atoms with Crippen LogP contribution in [0.25, 0.3) is 0 Å². The number of quaternary nitrogens is 1. The predicted octanol–water partition coefficient (Wildman–Crippen LogP) is 1.29. The molecule has 0 radical (unpaired) electrons. The van der Waals surface area contributed by atoms with E-state index in [1.165, 1.54) is 12.7 Å². The standard InChI is InChI=1S/C16H24NO3.FHO3S/c1-17(2)11-13(10-15(17)16(18)20-4)9-12-5-7-14(19-3)8-6-12;1-5(2,3)4/h5-8,13,15H,9-11H2,1-4H3;(H,2,3,4)/q+1;/p-1/t13-,15-;/m0./s1. The molecule has 0 unspecified atom stereocenters. The Bertz CT molecular complexity index is 666. The number of nitrogens with zero attached hydrogens (tertiary/aromatic N) is 1. The molecule has 25 heavy (non-hydrogen) atoms. The maximum absolute atomic E-state index is 11.9. The zero-order chi connectivity index (χ0) is 19.3. The maximum Gasteiger partial charge on any atom is 0.364 e. The third-order valence-corrected chi connectivity index (χ3v) is 4.29. The van der Waals surface area contributed by atoms with Crippen molar-refractivity contribution in [2.45, 2.75) is 18.9 Å². The van der Waals surface area contributed by atoms with E-state index in [0.29, 0.717) is 10.4 Å². The summed E-state index contributed by atoms with van der Waals surface area (Å²) in [6.07, 6.45) is 1.89. The van der Waals surface area contributed by atoms with Gasteiger partial charge in [-0.1, -0.05) is 12.1 Å². The summed E-state index contributed by atoms with van der Waals surface area (Å²) in [5.74, 6) is 1.30. The van der Waals surface area contributed by atoms with E-state index >= 15 is 0 Å². The van der Waals surface area contributed by atoms with Crippen LogP contribution >= 0.6 is 0 Å². The topological polar surface area (TPSA) is 92.7 Å². The quantitative estimate of drug-likeness (QED) is 0.340. The zero-order valence-corrected chi connectivity index (χ0v) is 15.6. The highest BCUT2D eigenvalue weighted by molar-refractivity contribution is 7.80. The second kappa shape index (κ2) is 8.59. The highest BCUT2D eigenvalue weighted by Gasteiger charge is 2.45. The van der Waals surface area contributed by atoms with Gasteiger partial charge in [-0.05, 0) is 24.1 Å². The fourth-order valence-corrected chi connectivity index (χ4v) is 3.23. The van der Waals surface area contributed by atoms with Crippen molar-refractivity contribution < 1.29 is 35.6 Å². The summed E-state index contributed by atoms with van der Waals surface area (Å²) < 4.78 is 46.1. The maximum atomic E-state index is 11.9. The van der Waals surface area contributed by atoms with Gasteiger partial charge in [0.25, 0.3) is 10.5 Å². The van der Waals surface area contributed by atoms with E-state index in [9.17, 15) is 8.68 Å². The molecule has 9 heteroatoms. The minimum absolute atomic E-state index is 0.0387. The van der Waals surface area contributed by atoms with E-state index in [-0.39, 0.29) is 12.0 Å². The van der Waals surface area contributed by atoms with E-state index in [1.807, 2.05) is 12.1 Å². The van der Waals surface area contributed by atoms with Crippen molar-refractivity contribution in [1.29, 1.82) is 0 Å². The molecule has 1 saturated heterocycles. The van der Waals surface area contributed by atoms with Crippen LogP contribution in [0, 0.1) is 5.92 Å². The summed E-state index contributed by atoms with van der Waals surface area (Å²) in [6.45, 7) is 1.01. The van der Waals surface area contributed by atoms with Crippen molar-refractivity contribution >= 4 is 16.5 Å². The van der Waals surface area contributed by atoms with Crippen molar-refractivity contribution in [2.75, 3.05) is 34.9 Å². The van der Waals surface area contributed by atoms with Crippen LogP contribution in [0.15, 0.2) is 24.3 Å². The lowest BCUT2D eigenvalue weighted by Gasteiger charge is -2.29. The lowest BCUT2D eigenvalue weighted by Crippen LogP contribution is -2.48. The zero-order valence-electron chi connectivity index (χ0n) is 14.8. The molecule has 142 valence electrons. The smallest absolute Gasteiger partial charge is 0.364 e. The van der Waals surface area contributed by atoms with E-state index in [1.54, 1.807) is 7.11 Å².